The molecule has 3 aromatic rings. The molecule has 1 amide bonds. The zero-order valence-electron chi connectivity index (χ0n) is 15.8. The van der Waals surface area contributed by atoms with E-state index >= 15 is 0 Å². The molecule has 2 aromatic carbocycles. The van der Waals surface area contributed by atoms with E-state index < -0.39 is 22.8 Å². The number of benzene rings is 2. The fourth-order valence-corrected chi connectivity index (χ4v) is 2.97. The predicted octanol–water partition coefficient (Wildman–Crippen LogP) is 3.15. The van der Waals surface area contributed by atoms with Crippen LogP contribution >= 0.6 is 0 Å². The Morgan fingerprint density at radius 1 is 1.10 bits per heavy atom. The average Bonchev–Trinajstić information content (AvgIpc) is 3.16. The monoisotopic (exact) mass is 395 g/mol. The van der Waals surface area contributed by atoms with Gasteiger partial charge in [0.05, 0.1) is 5.69 Å². The van der Waals surface area contributed by atoms with Crippen LogP contribution in [0.15, 0.2) is 59.4 Å². The highest BCUT2D eigenvalue weighted by atomic mass is 19.1. The Hall–Kier alpha value is -3.68. The Kier molecular flexibility index (Phi) is 4.54. The first-order valence-corrected chi connectivity index (χ1v) is 8.92. The van der Waals surface area contributed by atoms with Crippen LogP contribution < -0.4 is 20.3 Å². The van der Waals surface area contributed by atoms with Gasteiger partial charge < -0.3 is 14.8 Å². The number of carbonyl (C=O) groups excluding carboxylic acids is 1. The molecule has 1 aromatic heterocycles. The van der Waals surface area contributed by atoms with Crippen molar-refractivity contribution >= 4 is 11.6 Å². The molecular weight excluding hydrogens is 377 g/mol. The summed E-state index contributed by atoms with van der Waals surface area (Å²) in [4.78, 5) is 25.3. The Morgan fingerprint density at radius 3 is 2.69 bits per heavy atom. The molecule has 8 heteroatoms. The number of nitrogens with one attached hydrogen (secondary N) is 1. The predicted molar refractivity (Wildman–Crippen MR) is 104 cm³/mol. The number of amides is 1. The number of ether oxygens (including phenoxy) is 2. The first-order chi connectivity index (χ1) is 13.8. The van der Waals surface area contributed by atoms with Crippen LogP contribution in [0, 0.1) is 5.82 Å². The van der Waals surface area contributed by atoms with Gasteiger partial charge in [-0.2, -0.15) is 5.10 Å². The summed E-state index contributed by atoms with van der Waals surface area (Å²) in [6.45, 7) is 3.29. The number of hydrogen-bond donors (Lipinski definition) is 1. The summed E-state index contributed by atoms with van der Waals surface area (Å²) in [6.07, 6.45) is 0. The van der Waals surface area contributed by atoms with Gasteiger partial charge in [-0.05, 0) is 56.3 Å². The molecule has 2 heterocycles. The molecule has 0 bridgehead atoms. The first kappa shape index (κ1) is 18.7. The molecule has 0 atom stereocenters. The number of carbonyl (C=O) groups is 1. The number of rotatable bonds is 4. The van der Waals surface area contributed by atoms with Crippen molar-refractivity contribution in [3.63, 3.8) is 0 Å². The molecule has 1 aliphatic heterocycles. The summed E-state index contributed by atoms with van der Waals surface area (Å²) in [5.41, 5.74) is -0.258. The first-order valence-electron chi connectivity index (χ1n) is 8.92. The fraction of sp³-hybridized carbons (Fsp3) is 0.190. The third-order valence-electron chi connectivity index (χ3n) is 4.64. The summed E-state index contributed by atoms with van der Waals surface area (Å²) in [5.74, 6) is 0.253. The van der Waals surface area contributed by atoms with E-state index in [1.807, 2.05) is 0 Å². The lowest BCUT2D eigenvalue weighted by Gasteiger charge is -2.25. The van der Waals surface area contributed by atoms with Crippen LogP contribution in [0.2, 0.25) is 0 Å². The molecule has 0 saturated heterocycles. The highest BCUT2D eigenvalue weighted by Gasteiger charge is 2.32. The van der Waals surface area contributed by atoms with Crippen molar-refractivity contribution in [1.29, 1.82) is 0 Å². The Bertz CT molecular complexity index is 1160. The van der Waals surface area contributed by atoms with Crippen LogP contribution in [0.1, 0.15) is 13.8 Å². The van der Waals surface area contributed by atoms with Gasteiger partial charge in [0, 0.05) is 17.3 Å². The second kappa shape index (κ2) is 7.05. The van der Waals surface area contributed by atoms with E-state index in [9.17, 15) is 14.0 Å². The smallest absolute Gasteiger partial charge is 0.267 e. The zero-order valence-corrected chi connectivity index (χ0v) is 15.8. The number of aromatic nitrogens is 2. The van der Waals surface area contributed by atoms with Gasteiger partial charge >= 0.3 is 0 Å². The van der Waals surface area contributed by atoms with Crippen molar-refractivity contribution in [1.82, 2.24) is 9.78 Å². The molecule has 0 radical (unpaired) electrons. The highest BCUT2D eigenvalue weighted by Crippen LogP contribution is 2.35. The van der Waals surface area contributed by atoms with Crippen LogP contribution in [-0.4, -0.2) is 22.5 Å². The van der Waals surface area contributed by atoms with Crippen molar-refractivity contribution in [3.05, 3.63) is 70.8 Å². The molecule has 148 valence electrons. The standard InChI is InChI=1S/C21H18FN3O4/c1-21(2,20(27)23-15-5-3-4-14(22)11-15)25-19(26)9-7-16(24-25)13-6-8-17-18(10-13)29-12-28-17/h3-11H,12H2,1-2H3,(H,23,27). The number of halogens is 1. The lowest BCUT2D eigenvalue weighted by molar-refractivity contribution is -0.123. The van der Waals surface area contributed by atoms with Crippen molar-refractivity contribution in [2.75, 3.05) is 12.1 Å². The van der Waals surface area contributed by atoms with Crippen LogP contribution in [0.5, 0.6) is 11.5 Å². The Labute approximate surface area is 165 Å². The lowest BCUT2D eigenvalue weighted by Crippen LogP contribution is -2.47. The summed E-state index contributed by atoms with van der Waals surface area (Å²) in [5, 5.41) is 7.02. The van der Waals surface area contributed by atoms with Crippen molar-refractivity contribution in [2.45, 2.75) is 19.4 Å². The highest BCUT2D eigenvalue weighted by molar-refractivity contribution is 5.96. The third kappa shape index (κ3) is 3.56. The normalized spacial score (nSPS) is 12.7. The second-order valence-electron chi connectivity index (χ2n) is 7.06. The minimum atomic E-state index is -1.32. The van der Waals surface area contributed by atoms with Crippen LogP contribution in [0.3, 0.4) is 0 Å². The van der Waals surface area contributed by atoms with Gasteiger partial charge in [-0.1, -0.05) is 6.07 Å². The molecular formula is C21H18FN3O4. The van der Waals surface area contributed by atoms with E-state index in [2.05, 4.69) is 10.4 Å². The van der Waals surface area contributed by atoms with Gasteiger partial charge in [0.1, 0.15) is 11.4 Å². The largest absolute Gasteiger partial charge is 0.454 e. The molecule has 0 aliphatic carbocycles. The zero-order chi connectivity index (χ0) is 20.6. The van der Waals surface area contributed by atoms with E-state index in [1.54, 1.807) is 44.2 Å². The van der Waals surface area contributed by atoms with E-state index in [1.165, 1.54) is 24.3 Å². The van der Waals surface area contributed by atoms with Gasteiger partial charge in [0.2, 0.25) is 6.79 Å². The number of fused-ring (bicyclic) bond motifs is 1. The average molecular weight is 395 g/mol. The number of nitrogens with zero attached hydrogens (tertiary/aromatic N) is 2. The molecule has 4 rings (SSSR count). The van der Waals surface area contributed by atoms with Gasteiger partial charge in [-0.25, -0.2) is 9.07 Å². The molecule has 1 N–H and O–H groups in total. The van der Waals surface area contributed by atoms with Crippen molar-refractivity contribution < 1.29 is 18.7 Å². The van der Waals surface area contributed by atoms with Crippen molar-refractivity contribution in [3.8, 4) is 22.8 Å². The summed E-state index contributed by atoms with van der Waals surface area (Å²) < 4.78 is 25.2. The van der Waals surface area contributed by atoms with Crippen LogP contribution in [-0.2, 0) is 10.3 Å². The minimum Gasteiger partial charge on any atom is -0.454 e. The molecule has 7 nitrogen and oxygen atoms in total. The number of anilines is 1. The van der Waals surface area contributed by atoms with E-state index in [-0.39, 0.29) is 6.79 Å². The maximum atomic E-state index is 13.4. The van der Waals surface area contributed by atoms with Gasteiger partial charge in [-0.15, -0.1) is 0 Å². The molecule has 29 heavy (non-hydrogen) atoms. The molecule has 0 spiro atoms. The van der Waals surface area contributed by atoms with E-state index in [0.717, 1.165) is 4.68 Å². The van der Waals surface area contributed by atoms with Gasteiger partial charge in [0.15, 0.2) is 11.5 Å². The maximum Gasteiger partial charge on any atom is 0.267 e. The third-order valence-corrected chi connectivity index (χ3v) is 4.64. The van der Waals surface area contributed by atoms with Crippen LogP contribution in [0.25, 0.3) is 11.3 Å². The van der Waals surface area contributed by atoms with E-state index in [0.29, 0.717) is 28.4 Å². The molecule has 0 fully saturated rings. The molecule has 0 unspecified atom stereocenters. The minimum absolute atomic E-state index is 0.152. The van der Waals surface area contributed by atoms with Gasteiger partial charge in [-0.3, -0.25) is 9.59 Å². The summed E-state index contributed by atoms with van der Waals surface area (Å²) in [7, 11) is 0. The molecule has 0 saturated carbocycles. The topological polar surface area (TPSA) is 82.5 Å². The SMILES string of the molecule is CC(C)(C(=O)Nc1cccc(F)c1)n1nc(-c2ccc3c(c2)OCO3)ccc1=O. The Balaban J connectivity index is 1.67. The second-order valence-corrected chi connectivity index (χ2v) is 7.06. The maximum absolute atomic E-state index is 13.4. The van der Waals surface area contributed by atoms with E-state index in [4.69, 9.17) is 9.47 Å². The lowest BCUT2D eigenvalue weighted by atomic mass is 10.0. The quantitative estimate of drug-likeness (QED) is 0.734. The van der Waals surface area contributed by atoms with Gasteiger partial charge in [0.25, 0.3) is 11.5 Å². The number of hydrogen-bond acceptors (Lipinski definition) is 5. The summed E-state index contributed by atoms with van der Waals surface area (Å²) >= 11 is 0. The summed E-state index contributed by atoms with van der Waals surface area (Å²) in [6, 6.07) is 13.8. The Morgan fingerprint density at radius 2 is 1.90 bits per heavy atom. The van der Waals surface area contributed by atoms with Crippen LogP contribution in [0.4, 0.5) is 10.1 Å². The fourth-order valence-electron chi connectivity index (χ4n) is 2.97. The van der Waals surface area contributed by atoms with Crippen molar-refractivity contribution in [2.24, 2.45) is 0 Å². The molecule has 1 aliphatic rings.